The molecule has 132 valence electrons. The molecule has 0 unspecified atom stereocenters. The fourth-order valence-electron chi connectivity index (χ4n) is 2.83. The molecule has 6 heteroatoms. The predicted octanol–water partition coefficient (Wildman–Crippen LogP) is 3.51. The van der Waals surface area contributed by atoms with E-state index in [0.29, 0.717) is 23.1 Å². The van der Waals surface area contributed by atoms with Gasteiger partial charge < -0.3 is 15.0 Å². The normalized spacial score (nSPS) is 14.4. The lowest BCUT2D eigenvalue weighted by atomic mass is 10.1. The molecule has 0 atom stereocenters. The molecule has 0 spiro atoms. The topological polar surface area (TPSA) is 67.3 Å². The Kier molecular flexibility index (Phi) is 5.48. The first-order valence-corrected chi connectivity index (χ1v) is 8.78. The van der Waals surface area contributed by atoms with Crippen molar-refractivity contribution >= 4 is 17.5 Å². The largest absolute Gasteiger partial charge is 0.489 e. The van der Waals surface area contributed by atoms with Gasteiger partial charge in [-0.05, 0) is 51.3 Å². The molecule has 0 aliphatic carbocycles. The number of para-hydroxylation sites is 2. The first-order chi connectivity index (χ1) is 12.1. The highest BCUT2D eigenvalue weighted by Crippen LogP contribution is 2.25. The zero-order valence-corrected chi connectivity index (χ0v) is 14.7. The maximum absolute atomic E-state index is 12.6. The fraction of sp³-hybridized carbons (Fsp3) is 0.421. The van der Waals surface area contributed by atoms with E-state index in [-0.39, 0.29) is 12.0 Å². The minimum Gasteiger partial charge on any atom is -0.489 e. The smallest absolute Gasteiger partial charge is 0.274 e. The summed E-state index contributed by atoms with van der Waals surface area (Å²) in [5, 5.41) is 2.89. The number of nitrogens with zero attached hydrogens (tertiary/aromatic N) is 3. The van der Waals surface area contributed by atoms with E-state index in [1.165, 1.54) is 6.42 Å². The summed E-state index contributed by atoms with van der Waals surface area (Å²) in [5.74, 6) is 1.01. The summed E-state index contributed by atoms with van der Waals surface area (Å²) in [5.41, 5.74) is 0.995. The number of piperidine rings is 1. The van der Waals surface area contributed by atoms with Gasteiger partial charge >= 0.3 is 0 Å². The Morgan fingerprint density at radius 2 is 1.92 bits per heavy atom. The minimum absolute atomic E-state index is 0.0304. The van der Waals surface area contributed by atoms with Crippen LogP contribution >= 0.6 is 0 Å². The van der Waals surface area contributed by atoms with Gasteiger partial charge in [-0.1, -0.05) is 12.1 Å². The summed E-state index contributed by atoms with van der Waals surface area (Å²) in [4.78, 5) is 23.5. The van der Waals surface area contributed by atoms with Crippen LogP contribution in [0.25, 0.3) is 0 Å². The average molecular weight is 340 g/mol. The Morgan fingerprint density at radius 1 is 1.16 bits per heavy atom. The third-order valence-corrected chi connectivity index (χ3v) is 4.01. The van der Waals surface area contributed by atoms with E-state index in [9.17, 15) is 4.79 Å². The number of nitrogens with one attached hydrogen (secondary N) is 1. The van der Waals surface area contributed by atoms with Crippen molar-refractivity contribution in [3.05, 3.63) is 42.2 Å². The molecular weight excluding hydrogens is 316 g/mol. The van der Waals surface area contributed by atoms with Crippen molar-refractivity contribution in [3.63, 3.8) is 0 Å². The predicted molar refractivity (Wildman–Crippen MR) is 98.3 cm³/mol. The van der Waals surface area contributed by atoms with Crippen LogP contribution in [-0.2, 0) is 0 Å². The van der Waals surface area contributed by atoms with Gasteiger partial charge in [-0.3, -0.25) is 4.79 Å². The summed E-state index contributed by atoms with van der Waals surface area (Å²) in [6, 6.07) is 9.04. The second kappa shape index (κ2) is 7.96. The van der Waals surface area contributed by atoms with Gasteiger partial charge in [0.05, 0.1) is 11.8 Å². The van der Waals surface area contributed by atoms with Gasteiger partial charge in [0.1, 0.15) is 11.4 Å². The Balaban J connectivity index is 1.75. The van der Waals surface area contributed by atoms with Crippen LogP contribution in [0.5, 0.6) is 5.75 Å². The lowest BCUT2D eigenvalue weighted by molar-refractivity contribution is 0.102. The summed E-state index contributed by atoms with van der Waals surface area (Å²) in [6.07, 6.45) is 5.19. The first kappa shape index (κ1) is 17.2. The summed E-state index contributed by atoms with van der Waals surface area (Å²) in [6.45, 7) is 5.79. The lowest BCUT2D eigenvalue weighted by Gasteiger charge is -2.26. The molecule has 6 nitrogen and oxygen atoms in total. The van der Waals surface area contributed by atoms with Crippen molar-refractivity contribution in [1.82, 2.24) is 9.97 Å². The Morgan fingerprint density at radius 3 is 2.68 bits per heavy atom. The number of anilines is 2. The van der Waals surface area contributed by atoms with E-state index in [2.05, 4.69) is 20.2 Å². The van der Waals surface area contributed by atoms with Crippen LogP contribution in [0.3, 0.4) is 0 Å². The molecule has 1 aromatic carbocycles. The second-order valence-electron chi connectivity index (χ2n) is 6.41. The monoisotopic (exact) mass is 340 g/mol. The molecule has 1 aliphatic rings. The number of benzene rings is 1. The Hall–Kier alpha value is -2.63. The van der Waals surface area contributed by atoms with Crippen LogP contribution in [0.4, 0.5) is 11.6 Å². The second-order valence-corrected chi connectivity index (χ2v) is 6.41. The number of amides is 1. The van der Waals surface area contributed by atoms with Crippen LogP contribution in [0.1, 0.15) is 43.6 Å². The SMILES string of the molecule is CC(C)Oc1ccccc1NC(=O)c1ccnc(N2CCCCC2)n1. The molecule has 3 rings (SSSR count). The molecular formula is C19H24N4O2. The van der Waals surface area contributed by atoms with Crippen LogP contribution in [0, 0.1) is 0 Å². The van der Waals surface area contributed by atoms with Gasteiger partial charge in [-0.2, -0.15) is 0 Å². The van der Waals surface area contributed by atoms with Crippen molar-refractivity contribution in [1.29, 1.82) is 0 Å². The number of carbonyl (C=O) groups excluding carboxylic acids is 1. The Labute approximate surface area is 148 Å². The van der Waals surface area contributed by atoms with Gasteiger partial charge in [0, 0.05) is 19.3 Å². The molecule has 2 aromatic rings. The zero-order chi connectivity index (χ0) is 17.6. The minimum atomic E-state index is -0.263. The van der Waals surface area contributed by atoms with Crippen LogP contribution in [0.2, 0.25) is 0 Å². The third kappa shape index (κ3) is 4.47. The van der Waals surface area contributed by atoms with E-state index >= 15 is 0 Å². The molecule has 0 bridgehead atoms. The van der Waals surface area contributed by atoms with Crippen molar-refractivity contribution in [2.45, 2.75) is 39.2 Å². The molecule has 1 N–H and O–H groups in total. The number of rotatable bonds is 5. The highest BCUT2D eigenvalue weighted by atomic mass is 16.5. The molecule has 1 amide bonds. The quantitative estimate of drug-likeness (QED) is 0.902. The maximum atomic E-state index is 12.6. The fourth-order valence-corrected chi connectivity index (χ4v) is 2.83. The highest BCUT2D eigenvalue weighted by Gasteiger charge is 2.17. The van der Waals surface area contributed by atoms with E-state index < -0.39 is 0 Å². The van der Waals surface area contributed by atoms with Crippen molar-refractivity contribution < 1.29 is 9.53 Å². The summed E-state index contributed by atoms with van der Waals surface area (Å²) in [7, 11) is 0. The average Bonchev–Trinajstić information content (AvgIpc) is 2.64. The van der Waals surface area contributed by atoms with Crippen molar-refractivity contribution in [3.8, 4) is 5.75 Å². The maximum Gasteiger partial charge on any atom is 0.274 e. The molecule has 1 aromatic heterocycles. The number of ether oxygens (including phenoxy) is 1. The van der Waals surface area contributed by atoms with Crippen molar-refractivity contribution in [2.24, 2.45) is 0 Å². The van der Waals surface area contributed by atoms with Gasteiger partial charge in [0.15, 0.2) is 0 Å². The van der Waals surface area contributed by atoms with Gasteiger partial charge in [-0.25, -0.2) is 9.97 Å². The standard InChI is InChI=1S/C19H24N4O2/c1-14(2)25-17-9-5-4-8-15(17)21-18(24)16-10-11-20-19(22-16)23-12-6-3-7-13-23/h4-5,8-11,14H,3,6-7,12-13H2,1-2H3,(H,21,24). The molecule has 1 fully saturated rings. The van der Waals surface area contributed by atoms with E-state index in [1.54, 1.807) is 12.3 Å². The zero-order valence-electron chi connectivity index (χ0n) is 14.7. The molecule has 0 saturated carbocycles. The number of carbonyl (C=O) groups is 1. The van der Waals surface area contributed by atoms with Crippen LogP contribution in [-0.4, -0.2) is 35.1 Å². The van der Waals surface area contributed by atoms with Crippen LogP contribution in [0.15, 0.2) is 36.5 Å². The van der Waals surface area contributed by atoms with Gasteiger partial charge in [0.25, 0.3) is 5.91 Å². The highest BCUT2D eigenvalue weighted by molar-refractivity contribution is 6.03. The number of aromatic nitrogens is 2. The lowest BCUT2D eigenvalue weighted by Crippen LogP contribution is -2.31. The van der Waals surface area contributed by atoms with E-state index in [1.807, 2.05) is 38.1 Å². The molecule has 1 aliphatic heterocycles. The molecule has 25 heavy (non-hydrogen) atoms. The Bertz CT molecular complexity index is 727. The van der Waals surface area contributed by atoms with E-state index in [0.717, 1.165) is 25.9 Å². The van der Waals surface area contributed by atoms with Crippen LogP contribution < -0.4 is 15.0 Å². The molecule has 1 saturated heterocycles. The third-order valence-electron chi connectivity index (χ3n) is 4.01. The number of hydrogen-bond acceptors (Lipinski definition) is 5. The molecule has 2 heterocycles. The van der Waals surface area contributed by atoms with E-state index in [4.69, 9.17) is 4.74 Å². The number of hydrogen-bond donors (Lipinski definition) is 1. The van der Waals surface area contributed by atoms with Gasteiger partial charge in [-0.15, -0.1) is 0 Å². The van der Waals surface area contributed by atoms with Gasteiger partial charge in [0.2, 0.25) is 5.95 Å². The summed E-state index contributed by atoms with van der Waals surface area (Å²) >= 11 is 0. The first-order valence-electron chi connectivity index (χ1n) is 8.78. The van der Waals surface area contributed by atoms with Crippen molar-refractivity contribution in [2.75, 3.05) is 23.3 Å². The summed E-state index contributed by atoms with van der Waals surface area (Å²) < 4.78 is 5.75. The molecule has 0 radical (unpaired) electrons.